The van der Waals surface area contributed by atoms with E-state index >= 15 is 0 Å². The van der Waals surface area contributed by atoms with E-state index < -0.39 is 11.9 Å². The van der Waals surface area contributed by atoms with E-state index in [0.717, 1.165) is 25.7 Å². The Morgan fingerprint density at radius 1 is 0.341 bits per heavy atom. The number of hydrogen-bond donors (Lipinski definition) is 2. The van der Waals surface area contributed by atoms with Crippen molar-refractivity contribution in [2.75, 3.05) is 0 Å². The van der Waals surface area contributed by atoms with E-state index in [-0.39, 0.29) is 0 Å². The van der Waals surface area contributed by atoms with Crippen molar-refractivity contribution in [2.24, 2.45) is 0 Å². The largest absolute Gasteiger partial charge is 0.478 e. The van der Waals surface area contributed by atoms with Crippen LogP contribution < -0.4 is 0 Å². The molecular weight excluding hydrogens is 544 g/mol. The van der Waals surface area contributed by atoms with Gasteiger partial charge in [-0.15, -0.1) is 0 Å². The van der Waals surface area contributed by atoms with Gasteiger partial charge in [0.2, 0.25) is 0 Å². The fourth-order valence-corrected chi connectivity index (χ4v) is 5.64. The lowest BCUT2D eigenvalue weighted by Gasteiger charge is -2.03. The van der Waals surface area contributed by atoms with Crippen LogP contribution in [0.3, 0.4) is 0 Å². The maximum Gasteiger partial charge on any atom is 0.327 e. The van der Waals surface area contributed by atoms with Gasteiger partial charge in [0.15, 0.2) is 0 Å². The quantitative estimate of drug-likeness (QED) is 0.0554. The minimum absolute atomic E-state index is 0.832. The number of aliphatic carboxylic acids is 2. The molecule has 0 amide bonds. The van der Waals surface area contributed by atoms with Gasteiger partial charge in [0.25, 0.3) is 0 Å². The van der Waals surface area contributed by atoms with Crippen LogP contribution >= 0.6 is 0 Å². The first kappa shape index (κ1) is 44.5. The molecular formula is C40H76O4. The van der Waals surface area contributed by atoms with Crippen LogP contribution in [0.2, 0.25) is 0 Å². The highest BCUT2D eigenvalue weighted by atomic mass is 16.4. The zero-order valence-electron chi connectivity index (χ0n) is 29.6. The van der Waals surface area contributed by atoms with Gasteiger partial charge in [-0.1, -0.05) is 206 Å². The molecule has 0 heterocycles. The topological polar surface area (TPSA) is 74.6 Å². The monoisotopic (exact) mass is 621 g/mol. The van der Waals surface area contributed by atoms with Crippen LogP contribution in [-0.4, -0.2) is 22.2 Å². The van der Waals surface area contributed by atoms with Crippen LogP contribution in [0.25, 0.3) is 0 Å². The van der Waals surface area contributed by atoms with E-state index in [0.29, 0.717) is 0 Å². The Morgan fingerprint density at radius 2 is 0.523 bits per heavy atom. The number of rotatable bonds is 34. The summed E-state index contributed by atoms with van der Waals surface area (Å²) in [6, 6.07) is 0. The average Bonchev–Trinajstić information content (AvgIpc) is 3.00. The zero-order valence-corrected chi connectivity index (χ0v) is 29.6. The summed E-state index contributed by atoms with van der Waals surface area (Å²) in [5.41, 5.74) is 0. The third kappa shape index (κ3) is 47.4. The first-order valence-electron chi connectivity index (χ1n) is 19.3. The Labute approximate surface area is 275 Å². The van der Waals surface area contributed by atoms with Gasteiger partial charge in [-0.05, 0) is 25.7 Å². The molecule has 0 rings (SSSR count). The Hall–Kier alpha value is -1.58. The molecule has 0 aromatic carbocycles. The minimum Gasteiger partial charge on any atom is -0.478 e. The van der Waals surface area contributed by atoms with Crippen LogP contribution in [-0.2, 0) is 9.59 Å². The number of hydrogen-bond acceptors (Lipinski definition) is 2. The number of carbonyl (C=O) groups is 2. The Balaban J connectivity index is 0. The molecule has 0 aromatic heterocycles. The average molecular weight is 621 g/mol. The molecule has 4 heteroatoms. The third-order valence-electron chi connectivity index (χ3n) is 8.47. The summed E-state index contributed by atoms with van der Waals surface area (Å²) in [4.78, 5) is 20.5. The second kappa shape index (κ2) is 41.4. The van der Waals surface area contributed by atoms with Gasteiger partial charge >= 0.3 is 11.9 Å². The van der Waals surface area contributed by atoms with E-state index in [1.54, 1.807) is 12.2 Å². The van der Waals surface area contributed by atoms with Crippen LogP contribution in [0.4, 0.5) is 0 Å². The molecule has 0 bridgehead atoms. The summed E-state index contributed by atoms with van der Waals surface area (Å²) in [5, 5.41) is 16.9. The first-order chi connectivity index (χ1) is 21.5. The third-order valence-corrected chi connectivity index (χ3v) is 8.47. The minimum atomic E-state index is -0.832. The summed E-state index contributed by atoms with van der Waals surface area (Å²) in [6.07, 6.45) is 49.0. The molecule has 0 fully saturated rings. The lowest BCUT2D eigenvalue weighted by molar-refractivity contribution is -0.132. The highest BCUT2D eigenvalue weighted by Crippen LogP contribution is 2.15. The van der Waals surface area contributed by atoms with Gasteiger partial charge in [-0.25, -0.2) is 9.59 Å². The Kier molecular flexibility index (Phi) is 41.9. The molecule has 0 aromatic rings. The molecule has 0 aliphatic carbocycles. The lowest BCUT2D eigenvalue weighted by Crippen LogP contribution is -1.86. The standard InChI is InChI=1S/2C20H38O2/c2*1-2-3-4-5-6-7-8-9-10-11-12-13-14-15-16-17-18-19-20(21)22/h2*18-19H,2-17H2,1H3,(H,21,22). The second-order valence-electron chi connectivity index (χ2n) is 13.0. The molecule has 0 spiro atoms. The molecule has 260 valence electrons. The van der Waals surface area contributed by atoms with E-state index in [4.69, 9.17) is 10.2 Å². The SMILES string of the molecule is CCCCCCCCCCCCCCCCCC=CC(=O)O.CCCCCCCCCCCCCCCCCC=CC(=O)O. The number of unbranched alkanes of at least 4 members (excludes halogenated alkanes) is 30. The van der Waals surface area contributed by atoms with Gasteiger partial charge in [-0.3, -0.25) is 0 Å². The van der Waals surface area contributed by atoms with Crippen molar-refractivity contribution >= 4 is 11.9 Å². The van der Waals surface area contributed by atoms with Gasteiger partial charge in [0.05, 0.1) is 0 Å². The highest BCUT2D eigenvalue weighted by Gasteiger charge is 1.96. The maximum absolute atomic E-state index is 10.3. The lowest BCUT2D eigenvalue weighted by atomic mass is 10.0. The van der Waals surface area contributed by atoms with E-state index in [1.807, 2.05) is 0 Å². The van der Waals surface area contributed by atoms with Crippen molar-refractivity contribution in [1.29, 1.82) is 0 Å². The smallest absolute Gasteiger partial charge is 0.327 e. The second-order valence-corrected chi connectivity index (χ2v) is 13.0. The van der Waals surface area contributed by atoms with Crippen LogP contribution in [0.1, 0.15) is 219 Å². The summed E-state index contributed by atoms with van der Waals surface area (Å²) < 4.78 is 0. The van der Waals surface area contributed by atoms with Crippen LogP contribution in [0, 0.1) is 0 Å². The maximum atomic E-state index is 10.3. The fraction of sp³-hybridized carbons (Fsp3) is 0.850. The molecule has 0 aliphatic heterocycles. The van der Waals surface area contributed by atoms with Crippen LogP contribution in [0.5, 0.6) is 0 Å². The normalized spacial score (nSPS) is 11.3. The highest BCUT2D eigenvalue weighted by molar-refractivity contribution is 5.79. The predicted molar refractivity (Wildman–Crippen MR) is 193 cm³/mol. The molecule has 0 unspecified atom stereocenters. The predicted octanol–water partition coefficient (Wildman–Crippen LogP) is 13.8. The Bertz CT molecular complexity index is 571. The number of carboxylic acids is 2. The van der Waals surface area contributed by atoms with Crippen molar-refractivity contribution in [3.8, 4) is 0 Å². The van der Waals surface area contributed by atoms with Crippen molar-refractivity contribution < 1.29 is 19.8 Å². The first-order valence-corrected chi connectivity index (χ1v) is 19.3. The van der Waals surface area contributed by atoms with E-state index in [1.165, 1.54) is 192 Å². The summed E-state index contributed by atoms with van der Waals surface area (Å²) in [5.74, 6) is -1.66. The molecule has 44 heavy (non-hydrogen) atoms. The van der Waals surface area contributed by atoms with E-state index in [2.05, 4.69) is 13.8 Å². The van der Waals surface area contributed by atoms with Crippen molar-refractivity contribution in [3.63, 3.8) is 0 Å². The molecule has 2 N–H and O–H groups in total. The van der Waals surface area contributed by atoms with Crippen molar-refractivity contribution in [2.45, 2.75) is 219 Å². The van der Waals surface area contributed by atoms with E-state index in [9.17, 15) is 9.59 Å². The van der Waals surface area contributed by atoms with Crippen molar-refractivity contribution in [3.05, 3.63) is 24.3 Å². The summed E-state index contributed by atoms with van der Waals surface area (Å²) >= 11 is 0. The molecule has 0 saturated carbocycles. The summed E-state index contributed by atoms with van der Waals surface area (Å²) in [6.45, 7) is 4.55. The molecule has 0 atom stereocenters. The number of carboxylic acid groups (broad SMARTS) is 2. The van der Waals surface area contributed by atoms with Gasteiger partial charge in [0.1, 0.15) is 0 Å². The number of allylic oxidation sites excluding steroid dienone is 2. The van der Waals surface area contributed by atoms with Gasteiger partial charge in [-0.2, -0.15) is 0 Å². The zero-order chi connectivity index (χ0) is 32.6. The van der Waals surface area contributed by atoms with Crippen molar-refractivity contribution in [1.82, 2.24) is 0 Å². The molecule has 0 aliphatic rings. The van der Waals surface area contributed by atoms with Crippen LogP contribution in [0.15, 0.2) is 24.3 Å². The van der Waals surface area contributed by atoms with Gasteiger partial charge in [0, 0.05) is 12.2 Å². The van der Waals surface area contributed by atoms with Gasteiger partial charge < -0.3 is 10.2 Å². The molecule has 0 radical (unpaired) electrons. The Morgan fingerprint density at radius 3 is 0.705 bits per heavy atom. The summed E-state index contributed by atoms with van der Waals surface area (Å²) in [7, 11) is 0. The molecule has 4 nitrogen and oxygen atoms in total. The fourth-order valence-electron chi connectivity index (χ4n) is 5.64. The molecule has 0 saturated heterocycles.